The van der Waals surface area contributed by atoms with Crippen LogP contribution >= 0.6 is 11.8 Å². The molecule has 0 bridgehead atoms. The summed E-state index contributed by atoms with van der Waals surface area (Å²) in [6.45, 7) is 5.79. The normalized spacial score (nSPS) is 10.1. The van der Waals surface area contributed by atoms with Gasteiger partial charge in [-0.2, -0.15) is 0 Å². The van der Waals surface area contributed by atoms with Gasteiger partial charge in [0.1, 0.15) is 0 Å². The minimum absolute atomic E-state index is 0.215. The second-order valence-electron chi connectivity index (χ2n) is 3.48. The van der Waals surface area contributed by atoms with Gasteiger partial charge >= 0.3 is 5.97 Å². The molecule has 0 aliphatic carbocycles. The Bertz CT molecular complexity index is 427. The molecular formula is C13H16O3S. The van der Waals surface area contributed by atoms with E-state index in [2.05, 4.69) is 0 Å². The van der Waals surface area contributed by atoms with Gasteiger partial charge < -0.3 is 4.74 Å². The third kappa shape index (κ3) is 3.60. The van der Waals surface area contributed by atoms with E-state index in [-0.39, 0.29) is 6.61 Å². The number of ketones is 1. The summed E-state index contributed by atoms with van der Waals surface area (Å²) < 4.78 is 4.73. The third-order valence-corrected chi connectivity index (χ3v) is 3.10. The van der Waals surface area contributed by atoms with Crippen LogP contribution in [0.5, 0.6) is 0 Å². The minimum atomic E-state index is -0.781. The number of aryl methyl sites for hydroxylation is 1. The summed E-state index contributed by atoms with van der Waals surface area (Å²) in [5.74, 6) is -0.492. The zero-order valence-corrected chi connectivity index (χ0v) is 11.1. The lowest BCUT2D eigenvalue weighted by Crippen LogP contribution is -2.18. The van der Waals surface area contributed by atoms with Crippen LogP contribution in [0.1, 0.15) is 29.8 Å². The molecule has 0 spiro atoms. The van der Waals surface area contributed by atoms with Crippen molar-refractivity contribution >= 4 is 23.5 Å². The van der Waals surface area contributed by atoms with E-state index >= 15 is 0 Å². The Labute approximate surface area is 106 Å². The van der Waals surface area contributed by atoms with Gasteiger partial charge in [-0.3, -0.25) is 4.79 Å². The first kappa shape index (κ1) is 13.8. The Morgan fingerprint density at radius 3 is 2.59 bits per heavy atom. The molecule has 1 aromatic carbocycles. The van der Waals surface area contributed by atoms with E-state index in [1.165, 1.54) is 0 Å². The molecular weight excluding hydrogens is 236 g/mol. The number of rotatable bonds is 5. The van der Waals surface area contributed by atoms with Gasteiger partial charge in [-0.05, 0) is 31.7 Å². The SMILES string of the molecule is CCOC(=O)C(=O)c1cc(C)ccc1SCC. The van der Waals surface area contributed by atoms with Gasteiger partial charge in [0.2, 0.25) is 0 Å². The lowest BCUT2D eigenvalue weighted by atomic mass is 10.1. The van der Waals surface area contributed by atoms with E-state index in [1.54, 1.807) is 24.8 Å². The molecule has 1 aromatic rings. The van der Waals surface area contributed by atoms with E-state index in [1.807, 2.05) is 26.0 Å². The number of carbonyl (C=O) groups excluding carboxylic acids is 2. The summed E-state index contributed by atoms with van der Waals surface area (Å²) in [6.07, 6.45) is 0. The van der Waals surface area contributed by atoms with Gasteiger partial charge in [0.15, 0.2) is 0 Å². The third-order valence-electron chi connectivity index (χ3n) is 2.14. The average molecular weight is 252 g/mol. The molecule has 0 unspecified atom stereocenters. The number of carbonyl (C=O) groups is 2. The molecule has 0 radical (unpaired) electrons. The maximum atomic E-state index is 11.9. The van der Waals surface area contributed by atoms with E-state index in [9.17, 15) is 9.59 Å². The van der Waals surface area contributed by atoms with E-state index in [4.69, 9.17) is 4.74 Å². The molecule has 0 atom stereocenters. The first-order valence-electron chi connectivity index (χ1n) is 5.55. The number of thioether (sulfide) groups is 1. The molecule has 0 saturated carbocycles. The van der Waals surface area contributed by atoms with Crippen LogP contribution < -0.4 is 0 Å². The fraction of sp³-hybridized carbons (Fsp3) is 0.385. The van der Waals surface area contributed by atoms with Crippen LogP contribution in [-0.2, 0) is 9.53 Å². The van der Waals surface area contributed by atoms with Crippen LogP contribution in [-0.4, -0.2) is 24.1 Å². The summed E-state index contributed by atoms with van der Waals surface area (Å²) in [4.78, 5) is 24.2. The van der Waals surface area contributed by atoms with E-state index in [0.29, 0.717) is 5.56 Å². The maximum Gasteiger partial charge on any atom is 0.379 e. The molecule has 1 rings (SSSR count). The minimum Gasteiger partial charge on any atom is -0.460 e. The highest BCUT2D eigenvalue weighted by molar-refractivity contribution is 7.99. The molecule has 4 heteroatoms. The number of hydrogen-bond donors (Lipinski definition) is 0. The van der Waals surface area contributed by atoms with Crippen LogP contribution in [0.4, 0.5) is 0 Å². The van der Waals surface area contributed by atoms with Crippen molar-refractivity contribution in [1.29, 1.82) is 0 Å². The average Bonchev–Trinajstić information content (AvgIpc) is 2.31. The number of hydrogen-bond acceptors (Lipinski definition) is 4. The molecule has 0 N–H and O–H groups in total. The Hall–Kier alpha value is -1.29. The van der Waals surface area contributed by atoms with Crippen LogP contribution in [0, 0.1) is 6.92 Å². The van der Waals surface area contributed by atoms with Gasteiger partial charge in [-0.1, -0.05) is 18.6 Å². The smallest absolute Gasteiger partial charge is 0.379 e. The standard InChI is InChI=1S/C13H16O3S/c1-4-16-13(15)12(14)10-8-9(3)6-7-11(10)17-5-2/h6-8H,4-5H2,1-3H3. The summed E-state index contributed by atoms with van der Waals surface area (Å²) >= 11 is 1.55. The van der Waals surface area contributed by atoms with Crippen LogP contribution in [0.3, 0.4) is 0 Å². The quantitative estimate of drug-likeness (QED) is 0.350. The predicted molar refractivity (Wildman–Crippen MR) is 68.5 cm³/mol. The van der Waals surface area contributed by atoms with Gasteiger partial charge in [0, 0.05) is 10.5 Å². The molecule has 0 aromatic heterocycles. The number of Topliss-reactive ketones (excluding diaryl/α,β-unsaturated/α-hetero) is 1. The van der Waals surface area contributed by atoms with Crippen molar-refractivity contribution in [1.82, 2.24) is 0 Å². The zero-order valence-electron chi connectivity index (χ0n) is 10.3. The highest BCUT2D eigenvalue weighted by Crippen LogP contribution is 2.24. The highest BCUT2D eigenvalue weighted by Gasteiger charge is 2.20. The van der Waals surface area contributed by atoms with Crippen molar-refractivity contribution < 1.29 is 14.3 Å². The van der Waals surface area contributed by atoms with Gasteiger partial charge in [0.05, 0.1) is 6.61 Å². The van der Waals surface area contributed by atoms with Crippen molar-refractivity contribution in [2.45, 2.75) is 25.7 Å². The molecule has 0 amide bonds. The molecule has 92 valence electrons. The number of benzene rings is 1. The van der Waals surface area contributed by atoms with Crippen molar-refractivity contribution in [3.05, 3.63) is 29.3 Å². The molecule has 0 fully saturated rings. The van der Waals surface area contributed by atoms with E-state index in [0.717, 1.165) is 16.2 Å². The lowest BCUT2D eigenvalue weighted by Gasteiger charge is -2.08. The molecule has 0 aliphatic heterocycles. The Morgan fingerprint density at radius 2 is 2.00 bits per heavy atom. The monoisotopic (exact) mass is 252 g/mol. The maximum absolute atomic E-state index is 11.9. The summed E-state index contributed by atoms with van der Waals surface area (Å²) in [5.41, 5.74) is 1.40. The number of ether oxygens (including phenoxy) is 1. The van der Waals surface area contributed by atoms with Crippen LogP contribution in [0.25, 0.3) is 0 Å². The topological polar surface area (TPSA) is 43.4 Å². The summed E-state index contributed by atoms with van der Waals surface area (Å²) in [7, 11) is 0. The molecule has 0 saturated heterocycles. The Balaban J connectivity index is 3.05. The fourth-order valence-corrected chi connectivity index (χ4v) is 2.19. The highest BCUT2D eigenvalue weighted by atomic mass is 32.2. The van der Waals surface area contributed by atoms with Crippen molar-refractivity contribution in [2.75, 3.05) is 12.4 Å². The molecule has 0 aliphatic rings. The first-order valence-corrected chi connectivity index (χ1v) is 6.53. The lowest BCUT2D eigenvalue weighted by molar-refractivity contribution is -0.137. The van der Waals surface area contributed by atoms with Crippen molar-refractivity contribution in [3.8, 4) is 0 Å². The number of esters is 1. The van der Waals surface area contributed by atoms with Crippen molar-refractivity contribution in [2.24, 2.45) is 0 Å². The first-order chi connectivity index (χ1) is 8.10. The predicted octanol–water partition coefficient (Wildman–Crippen LogP) is 2.85. The van der Waals surface area contributed by atoms with Crippen LogP contribution in [0.15, 0.2) is 23.1 Å². The summed E-state index contributed by atoms with van der Waals surface area (Å²) in [6, 6.07) is 5.53. The van der Waals surface area contributed by atoms with Gasteiger partial charge in [-0.15, -0.1) is 11.8 Å². The second kappa shape index (κ2) is 6.45. The molecule has 17 heavy (non-hydrogen) atoms. The van der Waals surface area contributed by atoms with Gasteiger partial charge in [-0.25, -0.2) is 4.79 Å². The molecule has 0 heterocycles. The Kier molecular flexibility index (Phi) is 5.22. The van der Waals surface area contributed by atoms with E-state index < -0.39 is 11.8 Å². The fourth-order valence-electron chi connectivity index (χ4n) is 1.41. The summed E-state index contributed by atoms with van der Waals surface area (Å²) in [5, 5.41) is 0. The van der Waals surface area contributed by atoms with Gasteiger partial charge in [0.25, 0.3) is 5.78 Å². The zero-order chi connectivity index (χ0) is 12.8. The second-order valence-corrected chi connectivity index (χ2v) is 4.79. The van der Waals surface area contributed by atoms with Crippen molar-refractivity contribution in [3.63, 3.8) is 0 Å². The van der Waals surface area contributed by atoms with Crippen LogP contribution in [0.2, 0.25) is 0 Å². The molecule has 3 nitrogen and oxygen atoms in total. The Morgan fingerprint density at radius 1 is 1.29 bits per heavy atom. The largest absolute Gasteiger partial charge is 0.460 e.